The van der Waals surface area contributed by atoms with Crippen LogP contribution in [0.3, 0.4) is 0 Å². The zero-order valence-corrected chi connectivity index (χ0v) is 16.1. The number of methoxy groups -OCH3 is 1. The lowest BCUT2D eigenvalue weighted by Gasteiger charge is -2.37. The summed E-state index contributed by atoms with van der Waals surface area (Å²) in [6, 6.07) is 17.0. The molecule has 0 heterocycles. The normalized spacial score (nSPS) is 12.8. The molecule has 2 rings (SSSR count). The van der Waals surface area contributed by atoms with E-state index in [-0.39, 0.29) is 0 Å². The van der Waals surface area contributed by atoms with Crippen LogP contribution in [0.4, 0.5) is 4.79 Å². The number of carbonyl (C=O) groups is 2. The van der Waals surface area contributed by atoms with Crippen LogP contribution in [0.5, 0.6) is 0 Å². The van der Waals surface area contributed by atoms with Gasteiger partial charge in [-0.05, 0) is 31.9 Å². The molecule has 3 N–H and O–H groups in total. The van der Waals surface area contributed by atoms with Crippen LogP contribution in [-0.4, -0.2) is 30.8 Å². The van der Waals surface area contributed by atoms with Crippen LogP contribution in [-0.2, 0) is 19.8 Å². The van der Waals surface area contributed by atoms with Crippen molar-refractivity contribution < 1.29 is 19.1 Å². The predicted octanol–water partition coefficient (Wildman–Crippen LogP) is 2.96. The third-order valence-corrected chi connectivity index (χ3v) is 4.06. The van der Waals surface area contributed by atoms with Crippen molar-refractivity contribution in [3.8, 4) is 0 Å². The monoisotopic (exact) mass is 370 g/mol. The van der Waals surface area contributed by atoms with Gasteiger partial charge in [-0.3, -0.25) is 0 Å². The van der Waals surface area contributed by atoms with Crippen LogP contribution in [0.2, 0.25) is 0 Å². The summed E-state index contributed by atoms with van der Waals surface area (Å²) < 4.78 is 10.3. The first kappa shape index (κ1) is 20.5. The highest BCUT2D eigenvalue weighted by atomic mass is 16.6. The van der Waals surface area contributed by atoms with E-state index in [1.54, 1.807) is 45.0 Å². The Kier molecular flexibility index (Phi) is 6.23. The van der Waals surface area contributed by atoms with E-state index in [9.17, 15) is 9.59 Å². The van der Waals surface area contributed by atoms with Gasteiger partial charge in [-0.15, -0.1) is 0 Å². The van der Waals surface area contributed by atoms with Gasteiger partial charge in [-0.1, -0.05) is 60.7 Å². The number of ether oxygens (including phenoxy) is 2. The molecule has 0 aliphatic carbocycles. The van der Waals surface area contributed by atoms with Crippen LogP contribution < -0.4 is 11.1 Å². The van der Waals surface area contributed by atoms with E-state index in [1.807, 2.05) is 36.4 Å². The molecule has 0 aromatic heterocycles. The maximum absolute atomic E-state index is 12.6. The van der Waals surface area contributed by atoms with Crippen LogP contribution >= 0.6 is 0 Å². The minimum Gasteiger partial charge on any atom is -0.467 e. The van der Waals surface area contributed by atoms with Crippen molar-refractivity contribution >= 4 is 12.1 Å². The fourth-order valence-corrected chi connectivity index (χ4v) is 2.83. The lowest BCUT2D eigenvalue weighted by Crippen LogP contribution is -2.61. The van der Waals surface area contributed by atoms with Crippen LogP contribution in [0.25, 0.3) is 0 Å². The SMILES string of the molecule is COC(=O)C(NC(=O)OC(C)(C)C)C(N)(c1ccccc1)c1ccccc1. The molecule has 0 spiro atoms. The van der Waals surface area contributed by atoms with Crippen molar-refractivity contribution in [1.82, 2.24) is 5.32 Å². The first-order valence-corrected chi connectivity index (χ1v) is 8.65. The average Bonchev–Trinajstić information content (AvgIpc) is 2.65. The third-order valence-electron chi connectivity index (χ3n) is 4.06. The lowest BCUT2D eigenvalue weighted by molar-refractivity contribution is -0.144. The maximum Gasteiger partial charge on any atom is 0.408 e. The molecule has 2 aromatic rings. The van der Waals surface area contributed by atoms with Crippen molar-refractivity contribution in [3.05, 3.63) is 71.8 Å². The Balaban J connectivity index is 2.55. The number of nitrogens with two attached hydrogens (primary N) is 1. The van der Waals surface area contributed by atoms with Crippen LogP contribution in [0.15, 0.2) is 60.7 Å². The molecule has 27 heavy (non-hydrogen) atoms. The second kappa shape index (κ2) is 8.22. The number of hydrogen-bond acceptors (Lipinski definition) is 5. The highest BCUT2D eigenvalue weighted by Gasteiger charge is 2.45. The second-order valence-electron chi connectivity index (χ2n) is 7.20. The van der Waals surface area contributed by atoms with Gasteiger partial charge < -0.3 is 20.5 Å². The Morgan fingerprint density at radius 2 is 1.37 bits per heavy atom. The minimum absolute atomic E-state index is 0.655. The van der Waals surface area contributed by atoms with Crippen molar-refractivity contribution in [2.75, 3.05) is 7.11 Å². The zero-order chi connectivity index (χ0) is 20.1. The Labute approximate surface area is 159 Å². The largest absolute Gasteiger partial charge is 0.467 e. The standard InChI is InChI=1S/C21H26N2O4/c1-20(2,3)27-19(25)23-17(18(24)26-4)21(22,15-11-7-5-8-12-15)16-13-9-6-10-14-16/h5-14,17H,22H2,1-4H3,(H,23,25). The van der Waals surface area contributed by atoms with Gasteiger partial charge in [0.25, 0.3) is 0 Å². The van der Waals surface area contributed by atoms with Gasteiger partial charge in [0.05, 0.1) is 12.6 Å². The Morgan fingerprint density at radius 1 is 0.926 bits per heavy atom. The van der Waals surface area contributed by atoms with E-state index in [0.717, 1.165) is 0 Å². The third kappa shape index (κ3) is 4.86. The van der Waals surface area contributed by atoms with Crippen molar-refractivity contribution in [1.29, 1.82) is 0 Å². The maximum atomic E-state index is 12.6. The molecule has 1 atom stereocenters. The molecule has 2 aromatic carbocycles. The number of hydrogen-bond donors (Lipinski definition) is 2. The van der Waals surface area contributed by atoms with Crippen molar-refractivity contribution in [2.24, 2.45) is 5.73 Å². The van der Waals surface area contributed by atoms with E-state index in [2.05, 4.69) is 5.32 Å². The number of nitrogens with one attached hydrogen (secondary N) is 1. The number of amides is 1. The second-order valence-corrected chi connectivity index (χ2v) is 7.20. The molecule has 0 fully saturated rings. The van der Waals surface area contributed by atoms with Crippen molar-refractivity contribution in [2.45, 2.75) is 38.0 Å². The van der Waals surface area contributed by atoms with E-state index in [4.69, 9.17) is 15.2 Å². The topological polar surface area (TPSA) is 90.6 Å². The Bertz CT molecular complexity index is 730. The van der Waals surface area contributed by atoms with Crippen LogP contribution in [0.1, 0.15) is 31.9 Å². The lowest BCUT2D eigenvalue weighted by atomic mass is 9.77. The van der Waals surface area contributed by atoms with Gasteiger partial charge in [-0.25, -0.2) is 9.59 Å². The zero-order valence-electron chi connectivity index (χ0n) is 16.1. The van der Waals surface area contributed by atoms with E-state index >= 15 is 0 Å². The van der Waals surface area contributed by atoms with E-state index < -0.39 is 29.2 Å². The molecule has 0 aliphatic heterocycles. The van der Waals surface area contributed by atoms with Gasteiger partial charge in [-0.2, -0.15) is 0 Å². The quantitative estimate of drug-likeness (QED) is 0.790. The van der Waals surface area contributed by atoms with E-state index in [1.165, 1.54) is 7.11 Å². The Hall–Kier alpha value is -2.86. The predicted molar refractivity (Wildman–Crippen MR) is 103 cm³/mol. The molecule has 6 heteroatoms. The summed E-state index contributed by atoms with van der Waals surface area (Å²) >= 11 is 0. The van der Waals surface area contributed by atoms with Gasteiger partial charge in [0.15, 0.2) is 6.04 Å². The number of esters is 1. The summed E-state index contributed by atoms with van der Waals surface area (Å²) in [5.41, 5.74) is 6.04. The molecule has 144 valence electrons. The Morgan fingerprint density at radius 3 is 1.74 bits per heavy atom. The molecule has 1 amide bonds. The van der Waals surface area contributed by atoms with Crippen LogP contribution in [0, 0.1) is 0 Å². The summed E-state index contributed by atoms with van der Waals surface area (Å²) in [6.07, 6.45) is -0.750. The number of carbonyl (C=O) groups excluding carboxylic acids is 2. The highest BCUT2D eigenvalue weighted by molar-refractivity contribution is 5.84. The molecular formula is C21H26N2O4. The number of rotatable bonds is 5. The highest BCUT2D eigenvalue weighted by Crippen LogP contribution is 2.31. The molecule has 0 saturated carbocycles. The van der Waals surface area contributed by atoms with E-state index in [0.29, 0.717) is 11.1 Å². The molecule has 0 radical (unpaired) electrons. The van der Waals surface area contributed by atoms with Crippen molar-refractivity contribution in [3.63, 3.8) is 0 Å². The first-order valence-electron chi connectivity index (χ1n) is 8.65. The molecule has 0 saturated heterocycles. The first-order chi connectivity index (χ1) is 12.7. The summed E-state index contributed by atoms with van der Waals surface area (Å²) in [6.45, 7) is 5.22. The average molecular weight is 370 g/mol. The number of alkyl carbamates (subject to hydrolysis) is 1. The smallest absolute Gasteiger partial charge is 0.408 e. The van der Waals surface area contributed by atoms with Gasteiger partial charge >= 0.3 is 12.1 Å². The summed E-state index contributed by atoms with van der Waals surface area (Å²) in [5, 5.41) is 2.60. The fourth-order valence-electron chi connectivity index (χ4n) is 2.83. The molecule has 1 unspecified atom stereocenters. The summed E-state index contributed by atoms with van der Waals surface area (Å²) in [5.74, 6) is -0.670. The molecule has 0 bridgehead atoms. The van der Waals surface area contributed by atoms with Gasteiger partial charge in [0.1, 0.15) is 5.60 Å². The molecule has 6 nitrogen and oxygen atoms in total. The number of benzene rings is 2. The summed E-state index contributed by atoms with van der Waals surface area (Å²) in [7, 11) is 1.25. The van der Waals surface area contributed by atoms with Gasteiger partial charge in [0, 0.05) is 0 Å². The summed E-state index contributed by atoms with van der Waals surface area (Å²) in [4.78, 5) is 25.0. The van der Waals surface area contributed by atoms with Gasteiger partial charge in [0.2, 0.25) is 0 Å². The fraction of sp³-hybridized carbons (Fsp3) is 0.333. The minimum atomic E-state index is -1.35. The molecular weight excluding hydrogens is 344 g/mol. The molecule has 0 aliphatic rings.